The first-order valence-corrected chi connectivity index (χ1v) is 11.7. The summed E-state index contributed by atoms with van der Waals surface area (Å²) in [5.41, 5.74) is 2.09. The fourth-order valence-corrected chi connectivity index (χ4v) is 4.89. The summed E-state index contributed by atoms with van der Waals surface area (Å²) in [5.74, 6) is 2.59. The van der Waals surface area contributed by atoms with E-state index in [0.29, 0.717) is 34.5 Å². The van der Waals surface area contributed by atoms with E-state index >= 15 is 0 Å². The molecule has 4 N–H and O–H groups in total. The number of benzene rings is 1. The maximum atomic E-state index is 13.1. The van der Waals surface area contributed by atoms with Crippen molar-refractivity contribution in [2.24, 2.45) is 11.8 Å². The summed E-state index contributed by atoms with van der Waals surface area (Å²) in [6.45, 7) is 4.16. The van der Waals surface area contributed by atoms with Gasteiger partial charge in [-0.1, -0.05) is 23.7 Å². The molecule has 0 spiro atoms. The predicted octanol–water partition coefficient (Wildman–Crippen LogP) is 2.17. The van der Waals surface area contributed by atoms with Gasteiger partial charge in [0.1, 0.15) is 11.4 Å². The van der Waals surface area contributed by atoms with Crippen LogP contribution < -0.4 is 20.9 Å². The van der Waals surface area contributed by atoms with Gasteiger partial charge in [0.15, 0.2) is 0 Å². The van der Waals surface area contributed by atoms with Crippen molar-refractivity contribution in [3.05, 3.63) is 46.1 Å². The molecule has 2 aliphatic heterocycles. The van der Waals surface area contributed by atoms with Crippen molar-refractivity contribution in [2.45, 2.75) is 38.5 Å². The zero-order chi connectivity index (χ0) is 22.1. The second-order valence-electron chi connectivity index (χ2n) is 9.03. The fraction of sp³-hybridized carbons (Fsp3) is 0.522. The lowest BCUT2D eigenvalue weighted by atomic mass is 10.1. The number of halogens is 1. The first-order valence-electron chi connectivity index (χ1n) is 11.4. The minimum atomic E-state index is -0.149. The highest BCUT2D eigenvalue weighted by Gasteiger charge is 2.46. The number of carbonyl (C=O) groups is 1. The molecular weight excluding hydrogens is 428 g/mol. The van der Waals surface area contributed by atoms with Gasteiger partial charge in [-0.25, -0.2) is 4.98 Å². The van der Waals surface area contributed by atoms with Crippen molar-refractivity contribution in [1.82, 2.24) is 20.6 Å². The molecule has 3 aliphatic rings. The number of anilines is 2. The summed E-state index contributed by atoms with van der Waals surface area (Å²) in [4.78, 5) is 24.6. The number of carbonyl (C=O) groups excluding carboxylic acids is 1. The zero-order valence-electron chi connectivity index (χ0n) is 18.0. The van der Waals surface area contributed by atoms with Crippen LogP contribution >= 0.6 is 11.6 Å². The molecule has 170 valence electrons. The second kappa shape index (κ2) is 9.21. The summed E-state index contributed by atoms with van der Waals surface area (Å²) < 4.78 is 0. The van der Waals surface area contributed by atoms with Crippen LogP contribution in [0.1, 0.15) is 40.7 Å². The number of aliphatic hydroxyl groups excluding tert-OH is 1. The molecule has 1 aromatic heterocycles. The van der Waals surface area contributed by atoms with Crippen LogP contribution in [0.3, 0.4) is 0 Å². The molecule has 1 saturated carbocycles. The van der Waals surface area contributed by atoms with Gasteiger partial charge in [0, 0.05) is 36.9 Å². The van der Waals surface area contributed by atoms with Crippen molar-refractivity contribution in [2.75, 3.05) is 36.4 Å². The van der Waals surface area contributed by atoms with Gasteiger partial charge >= 0.3 is 0 Å². The molecule has 9 heteroatoms. The SMILES string of the molecule is O=C(NC1CCNCC1)c1cnc(N2CC3CC3C2)nc1NCc1ccc(CO)c(Cl)c1. The van der Waals surface area contributed by atoms with Crippen molar-refractivity contribution >= 4 is 29.3 Å². The molecule has 2 atom stereocenters. The highest BCUT2D eigenvalue weighted by molar-refractivity contribution is 6.31. The smallest absolute Gasteiger partial charge is 0.256 e. The molecule has 1 aliphatic carbocycles. The highest BCUT2D eigenvalue weighted by Crippen LogP contribution is 2.45. The molecule has 32 heavy (non-hydrogen) atoms. The third-order valence-electron chi connectivity index (χ3n) is 6.70. The lowest BCUT2D eigenvalue weighted by Crippen LogP contribution is -2.43. The summed E-state index contributed by atoms with van der Waals surface area (Å²) in [6.07, 6.45) is 4.79. The van der Waals surface area contributed by atoms with Crippen LogP contribution in [0.5, 0.6) is 0 Å². The molecule has 2 unspecified atom stereocenters. The molecular formula is C23H29ClN6O2. The highest BCUT2D eigenvalue weighted by atomic mass is 35.5. The number of piperidine rings is 2. The first-order chi connectivity index (χ1) is 15.6. The Kier molecular flexibility index (Phi) is 6.17. The number of aliphatic hydroxyl groups is 1. The van der Waals surface area contributed by atoms with E-state index < -0.39 is 0 Å². The van der Waals surface area contributed by atoms with Crippen LogP contribution in [-0.4, -0.2) is 53.2 Å². The maximum Gasteiger partial charge on any atom is 0.256 e. The van der Waals surface area contributed by atoms with E-state index in [1.165, 1.54) is 6.42 Å². The molecule has 0 bridgehead atoms. The Morgan fingerprint density at radius 2 is 2.03 bits per heavy atom. The van der Waals surface area contributed by atoms with E-state index in [0.717, 1.165) is 56.4 Å². The summed E-state index contributed by atoms with van der Waals surface area (Å²) in [7, 11) is 0. The Morgan fingerprint density at radius 3 is 2.75 bits per heavy atom. The molecule has 2 aromatic rings. The van der Waals surface area contributed by atoms with Crippen molar-refractivity contribution in [3.63, 3.8) is 0 Å². The first kappa shape index (κ1) is 21.4. The molecule has 5 rings (SSSR count). The normalized spacial score (nSPS) is 22.5. The predicted molar refractivity (Wildman–Crippen MR) is 124 cm³/mol. The molecule has 0 radical (unpaired) electrons. The van der Waals surface area contributed by atoms with Gasteiger partial charge in [0.25, 0.3) is 5.91 Å². The lowest BCUT2D eigenvalue weighted by Gasteiger charge is -2.24. The van der Waals surface area contributed by atoms with Gasteiger partial charge in [-0.05, 0) is 61.4 Å². The maximum absolute atomic E-state index is 13.1. The van der Waals surface area contributed by atoms with E-state index in [2.05, 4.69) is 25.8 Å². The standard InChI is InChI=1S/C23H29ClN6O2/c24-20-7-14(1-2-15(20)13-31)9-26-21-19(22(32)28-18-3-5-25-6-4-18)10-27-23(29-21)30-11-16-8-17(16)12-30/h1-2,7,10,16-18,25,31H,3-6,8-9,11-13H2,(H,28,32)(H,26,27,29). The van der Waals surface area contributed by atoms with Gasteiger partial charge in [0.05, 0.1) is 6.61 Å². The van der Waals surface area contributed by atoms with Gasteiger partial charge < -0.3 is 26.0 Å². The summed E-state index contributed by atoms with van der Waals surface area (Å²) >= 11 is 6.24. The molecule has 2 saturated heterocycles. The quantitative estimate of drug-likeness (QED) is 0.506. The van der Waals surface area contributed by atoms with Crippen LogP contribution in [0, 0.1) is 11.8 Å². The largest absolute Gasteiger partial charge is 0.392 e. The van der Waals surface area contributed by atoms with Crippen LogP contribution in [0.25, 0.3) is 0 Å². The minimum Gasteiger partial charge on any atom is -0.392 e. The van der Waals surface area contributed by atoms with Gasteiger partial charge in [0.2, 0.25) is 5.95 Å². The molecule has 8 nitrogen and oxygen atoms in total. The average Bonchev–Trinajstić information content (AvgIpc) is 3.43. The van der Waals surface area contributed by atoms with E-state index in [4.69, 9.17) is 16.6 Å². The molecule has 3 fully saturated rings. The number of hydrogen-bond acceptors (Lipinski definition) is 7. The van der Waals surface area contributed by atoms with Crippen molar-refractivity contribution < 1.29 is 9.90 Å². The van der Waals surface area contributed by atoms with Crippen LogP contribution in [-0.2, 0) is 13.2 Å². The Morgan fingerprint density at radius 1 is 1.25 bits per heavy atom. The topological polar surface area (TPSA) is 102 Å². The number of nitrogens with one attached hydrogen (secondary N) is 3. The number of rotatable bonds is 7. The van der Waals surface area contributed by atoms with Crippen LogP contribution in [0.15, 0.2) is 24.4 Å². The van der Waals surface area contributed by atoms with Crippen molar-refractivity contribution in [1.29, 1.82) is 0 Å². The van der Waals surface area contributed by atoms with Crippen LogP contribution in [0.4, 0.5) is 11.8 Å². The van der Waals surface area contributed by atoms with E-state index in [9.17, 15) is 9.90 Å². The monoisotopic (exact) mass is 456 g/mol. The van der Waals surface area contributed by atoms with Gasteiger partial charge in [-0.15, -0.1) is 0 Å². The lowest BCUT2D eigenvalue weighted by molar-refractivity contribution is 0.0929. The van der Waals surface area contributed by atoms with Crippen molar-refractivity contribution in [3.8, 4) is 0 Å². The Labute approximate surface area is 192 Å². The van der Waals surface area contributed by atoms with E-state index in [1.54, 1.807) is 6.20 Å². The number of amides is 1. The zero-order valence-corrected chi connectivity index (χ0v) is 18.7. The molecule has 1 amide bonds. The molecule has 1 aromatic carbocycles. The average molecular weight is 457 g/mol. The Hall–Kier alpha value is -2.42. The summed E-state index contributed by atoms with van der Waals surface area (Å²) in [5, 5.41) is 19.6. The van der Waals surface area contributed by atoms with E-state index in [1.807, 2.05) is 18.2 Å². The van der Waals surface area contributed by atoms with Crippen LogP contribution in [0.2, 0.25) is 5.02 Å². The number of hydrogen-bond donors (Lipinski definition) is 4. The Balaban J connectivity index is 1.35. The van der Waals surface area contributed by atoms with Gasteiger partial charge in [-0.3, -0.25) is 4.79 Å². The second-order valence-corrected chi connectivity index (χ2v) is 9.44. The fourth-order valence-electron chi connectivity index (χ4n) is 4.63. The number of nitrogens with zero attached hydrogens (tertiary/aromatic N) is 3. The van der Waals surface area contributed by atoms with E-state index in [-0.39, 0.29) is 18.6 Å². The number of aromatic nitrogens is 2. The third-order valence-corrected chi connectivity index (χ3v) is 7.06. The third kappa shape index (κ3) is 4.67. The minimum absolute atomic E-state index is 0.0966. The van der Waals surface area contributed by atoms with Gasteiger partial charge in [-0.2, -0.15) is 4.98 Å². The Bertz CT molecular complexity index is 986. The summed E-state index contributed by atoms with van der Waals surface area (Å²) in [6, 6.07) is 5.71. The molecule has 3 heterocycles. The number of fused-ring (bicyclic) bond motifs is 1.